The van der Waals surface area contributed by atoms with Gasteiger partial charge in [-0.2, -0.15) is 12.3 Å². The first-order valence-corrected chi connectivity index (χ1v) is 11.1. The molecule has 1 aliphatic carbocycles. The van der Waals surface area contributed by atoms with Crippen LogP contribution in [0, 0.1) is 17.2 Å². The van der Waals surface area contributed by atoms with Crippen LogP contribution in [0.5, 0.6) is 0 Å². The summed E-state index contributed by atoms with van der Waals surface area (Å²) < 4.78 is 17.3. The molecule has 156 valence electrons. The Morgan fingerprint density at radius 2 is 2.24 bits per heavy atom. The second-order valence-electron chi connectivity index (χ2n) is 7.56. The fourth-order valence-electron chi connectivity index (χ4n) is 3.71. The molecule has 5 nitrogen and oxygen atoms in total. The zero-order valence-electron chi connectivity index (χ0n) is 17.3. The smallest absolute Gasteiger partial charge is 0.113 e. The second kappa shape index (κ2) is 10.2. The van der Waals surface area contributed by atoms with Gasteiger partial charge in [0, 0.05) is 12.6 Å². The number of allylic oxidation sites excluding steroid dienone is 2. The van der Waals surface area contributed by atoms with Crippen LogP contribution in [0.1, 0.15) is 44.6 Å². The van der Waals surface area contributed by atoms with Gasteiger partial charge in [-0.15, -0.1) is 11.9 Å². The Balaban J connectivity index is 1.79. The van der Waals surface area contributed by atoms with E-state index >= 15 is 0 Å². The van der Waals surface area contributed by atoms with Crippen LogP contribution in [-0.4, -0.2) is 31.6 Å². The Kier molecular flexibility index (Phi) is 7.70. The number of hydrogen-bond acceptors (Lipinski definition) is 5. The molecule has 7 heteroatoms. The molecule has 0 spiro atoms. The number of nitrogens with one attached hydrogen (secondary N) is 2. The fourth-order valence-corrected chi connectivity index (χ4v) is 4.35. The summed E-state index contributed by atoms with van der Waals surface area (Å²) in [5, 5.41) is 19.5. The van der Waals surface area contributed by atoms with Gasteiger partial charge in [0.05, 0.1) is 29.6 Å². The van der Waals surface area contributed by atoms with Crippen molar-refractivity contribution in [2.24, 2.45) is 10.9 Å². The third kappa shape index (κ3) is 5.39. The monoisotopic (exact) mass is 414 g/mol. The van der Waals surface area contributed by atoms with Crippen LogP contribution in [0.15, 0.2) is 29.0 Å². The SMILES string of the molecule is CCC(CNSC(C)[N-]C)Nc1cc(C2CC=C(F)C(C#N)C2)cc2c1=NCC=2. The Hall–Kier alpha value is -1.88. The van der Waals surface area contributed by atoms with Crippen molar-refractivity contribution in [2.45, 2.75) is 50.4 Å². The highest BCUT2D eigenvalue weighted by molar-refractivity contribution is 7.98. The molecule has 0 bridgehead atoms. The number of fused-ring (bicyclic) bond motifs is 1. The number of rotatable bonds is 9. The lowest BCUT2D eigenvalue weighted by molar-refractivity contribution is 0.436. The summed E-state index contributed by atoms with van der Waals surface area (Å²) in [6.45, 7) is 5.73. The molecule has 1 aliphatic heterocycles. The third-order valence-electron chi connectivity index (χ3n) is 5.60. The summed E-state index contributed by atoms with van der Waals surface area (Å²) in [6, 6.07) is 6.67. The Morgan fingerprint density at radius 3 is 2.97 bits per heavy atom. The van der Waals surface area contributed by atoms with E-state index in [1.165, 1.54) is 0 Å². The molecule has 0 saturated heterocycles. The topological polar surface area (TPSA) is 74.3 Å². The first-order valence-electron chi connectivity index (χ1n) is 10.2. The molecule has 0 saturated carbocycles. The highest BCUT2D eigenvalue weighted by Gasteiger charge is 2.26. The Morgan fingerprint density at radius 1 is 1.41 bits per heavy atom. The zero-order valence-corrected chi connectivity index (χ0v) is 18.1. The number of halogens is 1. The van der Waals surface area contributed by atoms with Gasteiger partial charge in [0.25, 0.3) is 0 Å². The Bertz CT molecular complexity index is 907. The first kappa shape index (κ1) is 21.8. The van der Waals surface area contributed by atoms with Crippen molar-refractivity contribution in [3.8, 4) is 6.07 Å². The molecule has 3 rings (SSSR count). The van der Waals surface area contributed by atoms with Crippen LogP contribution in [0.25, 0.3) is 11.4 Å². The lowest BCUT2D eigenvalue weighted by Gasteiger charge is -2.26. The predicted octanol–water partition coefficient (Wildman–Crippen LogP) is 3.75. The highest BCUT2D eigenvalue weighted by Crippen LogP contribution is 2.36. The van der Waals surface area contributed by atoms with E-state index in [9.17, 15) is 9.65 Å². The number of benzene rings is 1. The molecule has 2 aliphatic rings. The van der Waals surface area contributed by atoms with Crippen molar-refractivity contribution in [3.63, 3.8) is 0 Å². The number of nitrogens with zero attached hydrogens (tertiary/aromatic N) is 3. The van der Waals surface area contributed by atoms with E-state index in [-0.39, 0.29) is 23.2 Å². The summed E-state index contributed by atoms with van der Waals surface area (Å²) in [6.07, 6.45) is 5.84. The van der Waals surface area contributed by atoms with E-state index in [1.807, 2.05) is 7.05 Å². The molecule has 1 heterocycles. The molecule has 4 unspecified atom stereocenters. The van der Waals surface area contributed by atoms with Crippen LogP contribution in [-0.2, 0) is 0 Å². The largest absolute Gasteiger partial charge is 0.653 e. The highest BCUT2D eigenvalue weighted by atomic mass is 32.2. The summed E-state index contributed by atoms with van der Waals surface area (Å²) in [5.41, 5.74) is 2.18. The van der Waals surface area contributed by atoms with Gasteiger partial charge in [0.1, 0.15) is 5.83 Å². The predicted molar refractivity (Wildman–Crippen MR) is 119 cm³/mol. The minimum absolute atomic E-state index is 0.153. The quantitative estimate of drug-likeness (QED) is 0.604. The number of nitriles is 1. The number of anilines is 1. The van der Waals surface area contributed by atoms with E-state index in [2.05, 4.69) is 58.5 Å². The van der Waals surface area contributed by atoms with Crippen LogP contribution in [0.3, 0.4) is 0 Å². The van der Waals surface area contributed by atoms with Gasteiger partial charge in [0.15, 0.2) is 0 Å². The average molecular weight is 415 g/mol. The molecule has 0 aromatic heterocycles. The normalized spacial score (nSPS) is 22.5. The van der Waals surface area contributed by atoms with E-state index in [0.29, 0.717) is 19.4 Å². The van der Waals surface area contributed by atoms with Crippen molar-refractivity contribution in [1.29, 1.82) is 5.26 Å². The van der Waals surface area contributed by atoms with Crippen LogP contribution < -0.4 is 20.6 Å². The molecule has 4 atom stereocenters. The maximum atomic E-state index is 13.8. The third-order valence-corrected chi connectivity index (χ3v) is 6.48. The van der Waals surface area contributed by atoms with Crippen molar-refractivity contribution in [1.82, 2.24) is 4.72 Å². The Labute approximate surface area is 176 Å². The molecule has 1 aromatic carbocycles. The van der Waals surface area contributed by atoms with Crippen LogP contribution in [0.2, 0.25) is 0 Å². The van der Waals surface area contributed by atoms with E-state index in [4.69, 9.17) is 0 Å². The standard InChI is InChI=1S/C22H29FN5S/c1-4-19(13-27-29-14(2)25-3)28-21-11-17(10-16-7-8-26-22(16)21)15-5-6-20(23)18(9-15)12-24/h6-7,10-11,14-15,18-19,27-28H,4-5,8-9,13H2,1-3H3/q-1. The molecule has 0 fully saturated rings. The fraction of sp³-hybridized carbons (Fsp3) is 0.545. The molecule has 1 aromatic rings. The van der Waals surface area contributed by atoms with Gasteiger partial charge in [-0.25, -0.2) is 4.39 Å². The minimum Gasteiger partial charge on any atom is -0.653 e. The van der Waals surface area contributed by atoms with Gasteiger partial charge < -0.3 is 10.6 Å². The van der Waals surface area contributed by atoms with Crippen LogP contribution in [0.4, 0.5) is 10.1 Å². The summed E-state index contributed by atoms with van der Waals surface area (Å²) in [7, 11) is 1.82. The van der Waals surface area contributed by atoms with Crippen LogP contribution >= 0.6 is 11.9 Å². The van der Waals surface area contributed by atoms with E-state index < -0.39 is 5.92 Å². The summed E-state index contributed by atoms with van der Waals surface area (Å²) >= 11 is 1.63. The molecule has 29 heavy (non-hydrogen) atoms. The van der Waals surface area contributed by atoms with Gasteiger partial charge >= 0.3 is 0 Å². The van der Waals surface area contributed by atoms with Crippen molar-refractivity contribution < 1.29 is 4.39 Å². The lowest BCUT2D eigenvalue weighted by Crippen LogP contribution is -2.35. The van der Waals surface area contributed by atoms with E-state index in [0.717, 1.165) is 34.8 Å². The zero-order chi connectivity index (χ0) is 20.8. The van der Waals surface area contributed by atoms with Gasteiger partial charge in [-0.3, -0.25) is 9.71 Å². The lowest BCUT2D eigenvalue weighted by atomic mass is 9.82. The summed E-state index contributed by atoms with van der Waals surface area (Å²) in [4.78, 5) is 4.65. The first-order chi connectivity index (χ1) is 14.0. The van der Waals surface area contributed by atoms with Gasteiger partial charge in [0.2, 0.25) is 0 Å². The molecular weight excluding hydrogens is 385 g/mol. The van der Waals surface area contributed by atoms with Gasteiger partial charge in [-0.05, 0) is 48.1 Å². The van der Waals surface area contributed by atoms with Gasteiger partial charge in [-0.1, -0.05) is 31.4 Å². The maximum Gasteiger partial charge on any atom is 0.113 e. The van der Waals surface area contributed by atoms with E-state index in [1.54, 1.807) is 18.0 Å². The molecular formula is C22H29FN5S-. The van der Waals surface area contributed by atoms with Crippen molar-refractivity contribution in [2.75, 3.05) is 25.5 Å². The van der Waals surface area contributed by atoms with Crippen molar-refractivity contribution >= 4 is 23.7 Å². The second-order valence-corrected chi connectivity index (χ2v) is 8.77. The maximum absolute atomic E-state index is 13.8. The average Bonchev–Trinajstić information content (AvgIpc) is 3.22. The molecule has 2 N–H and O–H groups in total. The molecule has 0 radical (unpaired) electrons. The van der Waals surface area contributed by atoms with Crippen molar-refractivity contribution in [3.05, 3.63) is 45.5 Å². The number of hydrogen-bond donors (Lipinski definition) is 2. The minimum atomic E-state index is -0.636. The summed E-state index contributed by atoms with van der Waals surface area (Å²) in [5.74, 6) is -0.769. The molecule has 0 amide bonds.